The van der Waals surface area contributed by atoms with Crippen LogP contribution >= 0.6 is 23.1 Å². The molecule has 0 fully saturated rings. The van der Waals surface area contributed by atoms with E-state index in [0.717, 1.165) is 23.7 Å². The number of amides is 1. The number of carbonyl (C=O) groups is 1. The number of aryl methyl sites for hydroxylation is 2. The molecule has 0 aliphatic heterocycles. The standard InChI is InChI=1S/C14H20N2OS2/c1-3-9-16(13(17)8-10-18-2)14-15-11-6-4-5-7-12(11)19-14/h3H,1,4-10H2,2H3. The Kier molecular flexibility index (Phi) is 5.45. The molecule has 5 heteroatoms. The van der Waals surface area contributed by atoms with Crippen LogP contribution in [0.4, 0.5) is 5.13 Å². The van der Waals surface area contributed by atoms with Crippen molar-refractivity contribution < 1.29 is 4.79 Å². The Hall–Kier alpha value is -0.810. The molecule has 0 N–H and O–H groups in total. The van der Waals surface area contributed by atoms with Gasteiger partial charge in [0.15, 0.2) is 5.13 Å². The number of fused-ring (bicyclic) bond motifs is 1. The third-order valence-electron chi connectivity index (χ3n) is 3.20. The molecule has 0 saturated heterocycles. The van der Waals surface area contributed by atoms with Gasteiger partial charge in [0, 0.05) is 23.6 Å². The summed E-state index contributed by atoms with van der Waals surface area (Å²) in [6.45, 7) is 4.30. The first kappa shape index (κ1) is 14.6. The lowest BCUT2D eigenvalue weighted by Gasteiger charge is -2.17. The fourth-order valence-corrected chi connectivity index (χ4v) is 3.75. The van der Waals surface area contributed by atoms with Crippen LogP contribution in [0.25, 0.3) is 0 Å². The second-order valence-electron chi connectivity index (χ2n) is 4.61. The molecule has 0 saturated carbocycles. The van der Waals surface area contributed by atoms with Gasteiger partial charge < -0.3 is 0 Å². The highest BCUT2D eigenvalue weighted by molar-refractivity contribution is 7.98. The lowest BCUT2D eigenvalue weighted by molar-refractivity contribution is -0.118. The Labute approximate surface area is 123 Å². The summed E-state index contributed by atoms with van der Waals surface area (Å²) in [6, 6.07) is 0. The lowest BCUT2D eigenvalue weighted by atomic mass is 10.0. The summed E-state index contributed by atoms with van der Waals surface area (Å²) in [7, 11) is 0. The highest BCUT2D eigenvalue weighted by atomic mass is 32.2. The van der Waals surface area contributed by atoms with Crippen LogP contribution in [-0.4, -0.2) is 29.4 Å². The first-order valence-electron chi connectivity index (χ1n) is 6.65. The minimum absolute atomic E-state index is 0.153. The van der Waals surface area contributed by atoms with Crippen LogP contribution in [0.15, 0.2) is 12.7 Å². The molecule has 1 aliphatic carbocycles. The molecule has 0 unspecified atom stereocenters. The van der Waals surface area contributed by atoms with Crippen molar-refractivity contribution in [3.63, 3.8) is 0 Å². The molecule has 104 valence electrons. The Bertz CT molecular complexity index is 433. The zero-order valence-corrected chi connectivity index (χ0v) is 13.0. The van der Waals surface area contributed by atoms with Gasteiger partial charge in [0.05, 0.1) is 5.69 Å². The zero-order valence-electron chi connectivity index (χ0n) is 11.4. The monoisotopic (exact) mass is 296 g/mol. The predicted molar refractivity (Wildman–Crippen MR) is 84.3 cm³/mol. The van der Waals surface area contributed by atoms with Gasteiger partial charge >= 0.3 is 0 Å². The predicted octanol–water partition coefficient (Wildman–Crippen LogP) is 3.29. The van der Waals surface area contributed by atoms with Gasteiger partial charge in [-0.05, 0) is 31.9 Å². The molecule has 1 heterocycles. The number of carbonyl (C=O) groups excluding carboxylic acids is 1. The van der Waals surface area contributed by atoms with E-state index in [-0.39, 0.29) is 5.91 Å². The van der Waals surface area contributed by atoms with Crippen molar-refractivity contribution in [2.75, 3.05) is 23.5 Å². The smallest absolute Gasteiger partial charge is 0.229 e. The lowest BCUT2D eigenvalue weighted by Crippen LogP contribution is -2.31. The van der Waals surface area contributed by atoms with Crippen LogP contribution in [0, 0.1) is 0 Å². The van der Waals surface area contributed by atoms with E-state index < -0.39 is 0 Å². The van der Waals surface area contributed by atoms with E-state index in [2.05, 4.69) is 11.6 Å². The van der Waals surface area contributed by atoms with Crippen LogP contribution in [0.2, 0.25) is 0 Å². The van der Waals surface area contributed by atoms with Crippen LogP contribution in [0.5, 0.6) is 0 Å². The van der Waals surface area contributed by atoms with E-state index in [9.17, 15) is 4.79 Å². The highest BCUT2D eigenvalue weighted by Crippen LogP contribution is 2.32. The fraction of sp³-hybridized carbons (Fsp3) is 0.571. The maximum absolute atomic E-state index is 12.2. The van der Waals surface area contributed by atoms with Crippen LogP contribution in [0.3, 0.4) is 0 Å². The van der Waals surface area contributed by atoms with Crippen molar-refractivity contribution in [1.82, 2.24) is 4.98 Å². The summed E-state index contributed by atoms with van der Waals surface area (Å²) in [6.07, 6.45) is 9.01. The summed E-state index contributed by atoms with van der Waals surface area (Å²) < 4.78 is 0. The molecule has 3 nitrogen and oxygen atoms in total. The minimum atomic E-state index is 0.153. The van der Waals surface area contributed by atoms with Gasteiger partial charge in [-0.3, -0.25) is 9.69 Å². The Morgan fingerprint density at radius 3 is 3.00 bits per heavy atom. The van der Waals surface area contributed by atoms with Crippen molar-refractivity contribution in [2.24, 2.45) is 0 Å². The van der Waals surface area contributed by atoms with Gasteiger partial charge in [0.2, 0.25) is 5.91 Å². The van der Waals surface area contributed by atoms with Gasteiger partial charge in [-0.15, -0.1) is 17.9 Å². The molecule has 0 aromatic carbocycles. The van der Waals surface area contributed by atoms with Crippen molar-refractivity contribution in [2.45, 2.75) is 32.1 Å². The van der Waals surface area contributed by atoms with Crippen molar-refractivity contribution in [3.05, 3.63) is 23.2 Å². The molecule has 19 heavy (non-hydrogen) atoms. The highest BCUT2D eigenvalue weighted by Gasteiger charge is 2.21. The number of thioether (sulfide) groups is 1. The number of nitrogens with zero attached hydrogens (tertiary/aromatic N) is 2. The number of aromatic nitrogens is 1. The van der Waals surface area contributed by atoms with Gasteiger partial charge in [-0.2, -0.15) is 11.8 Å². The molecule has 0 bridgehead atoms. The molecule has 1 aromatic rings. The van der Waals surface area contributed by atoms with Crippen LogP contribution in [0.1, 0.15) is 29.8 Å². The molecule has 0 atom stereocenters. The van der Waals surface area contributed by atoms with Crippen molar-refractivity contribution >= 4 is 34.1 Å². The Morgan fingerprint density at radius 1 is 1.53 bits per heavy atom. The van der Waals surface area contributed by atoms with Gasteiger partial charge in [-0.25, -0.2) is 4.98 Å². The Balaban J connectivity index is 2.15. The summed E-state index contributed by atoms with van der Waals surface area (Å²) in [5.41, 5.74) is 1.21. The third kappa shape index (κ3) is 3.60. The maximum atomic E-state index is 12.2. The number of rotatable bonds is 6. The number of hydrogen-bond acceptors (Lipinski definition) is 4. The average Bonchev–Trinajstić information content (AvgIpc) is 2.85. The SMILES string of the molecule is C=CCN(C(=O)CCSC)c1nc2c(s1)CCCC2. The molecular formula is C14H20N2OS2. The van der Waals surface area contributed by atoms with E-state index in [0.29, 0.717) is 13.0 Å². The van der Waals surface area contributed by atoms with Crippen LogP contribution in [-0.2, 0) is 17.6 Å². The summed E-state index contributed by atoms with van der Waals surface area (Å²) >= 11 is 3.38. The molecule has 1 aliphatic rings. The second kappa shape index (κ2) is 7.10. The van der Waals surface area contributed by atoms with Gasteiger partial charge in [0.25, 0.3) is 0 Å². The zero-order chi connectivity index (χ0) is 13.7. The van der Waals surface area contributed by atoms with Gasteiger partial charge in [-0.1, -0.05) is 6.08 Å². The average molecular weight is 296 g/mol. The van der Waals surface area contributed by atoms with E-state index >= 15 is 0 Å². The third-order valence-corrected chi connectivity index (χ3v) is 4.99. The van der Waals surface area contributed by atoms with Crippen LogP contribution < -0.4 is 4.90 Å². The fourth-order valence-electron chi connectivity index (χ4n) is 2.19. The Morgan fingerprint density at radius 2 is 2.32 bits per heavy atom. The van der Waals surface area contributed by atoms with Gasteiger partial charge in [0.1, 0.15) is 0 Å². The normalized spacial score (nSPS) is 13.9. The number of anilines is 1. The molecule has 1 aromatic heterocycles. The number of thiazole rings is 1. The molecule has 2 rings (SSSR count). The summed E-state index contributed by atoms with van der Waals surface area (Å²) in [4.78, 5) is 20.1. The van der Waals surface area contributed by atoms with E-state index in [1.165, 1.54) is 23.4 Å². The van der Waals surface area contributed by atoms with E-state index in [4.69, 9.17) is 0 Å². The first-order valence-corrected chi connectivity index (χ1v) is 8.86. The maximum Gasteiger partial charge on any atom is 0.229 e. The van der Waals surface area contributed by atoms with E-state index in [1.54, 1.807) is 34.1 Å². The minimum Gasteiger partial charge on any atom is -0.284 e. The molecule has 0 spiro atoms. The topological polar surface area (TPSA) is 33.2 Å². The molecular weight excluding hydrogens is 276 g/mol. The van der Waals surface area contributed by atoms with E-state index in [1.807, 2.05) is 6.26 Å². The van der Waals surface area contributed by atoms with Crippen molar-refractivity contribution in [3.8, 4) is 0 Å². The first-order chi connectivity index (χ1) is 9.26. The quantitative estimate of drug-likeness (QED) is 0.755. The van der Waals surface area contributed by atoms with Crippen molar-refractivity contribution in [1.29, 1.82) is 0 Å². The second-order valence-corrected chi connectivity index (χ2v) is 6.66. The molecule has 0 radical (unpaired) electrons. The summed E-state index contributed by atoms with van der Waals surface area (Å²) in [5, 5.41) is 0.859. The molecule has 1 amide bonds. The largest absolute Gasteiger partial charge is 0.284 e. The summed E-state index contributed by atoms with van der Waals surface area (Å²) in [5.74, 6) is 1.01. The number of hydrogen-bond donors (Lipinski definition) is 0.